The van der Waals surface area contributed by atoms with Gasteiger partial charge in [-0.2, -0.15) is 0 Å². The molecule has 0 heterocycles. The van der Waals surface area contributed by atoms with Crippen molar-refractivity contribution in [2.75, 3.05) is 19.8 Å². The predicted octanol–water partition coefficient (Wildman–Crippen LogP) is 10.1. The third-order valence-corrected chi connectivity index (χ3v) is 6.45. The SMILES string of the molecule is CC(C)(C)COC(C)(C)C.CC(C)(C)COC(C)(C)C.CC(C)(C)COP(=O)([O-])OC(C)(C)C.CC(C)(C)OP(=O)([O-])OC(C)(C)C. The Kier molecular flexibility index (Phi) is 22.6. The van der Waals surface area contributed by atoms with Gasteiger partial charge in [0.2, 0.25) is 0 Å². The maximum atomic E-state index is 11.3. The molecule has 47 heavy (non-hydrogen) atoms. The van der Waals surface area contributed by atoms with Crippen LogP contribution in [0.5, 0.6) is 0 Å². The van der Waals surface area contributed by atoms with Gasteiger partial charge in [0.1, 0.15) is 0 Å². The van der Waals surface area contributed by atoms with Gasteiger partial charge in [-0.05, 0) is 120 Å². The van der Waals surface area contributed by atoms with Crippen LogP contribution in [0.4, 0.5) is 0 Å². The molecule has 0 saturated carbocycles. The third-order valence-electron chi connectivity index (χ3n) is 3.69. The van der Waals surface area contributed by atoms with Crippen LogP contribution in [0, 0.1) is 16.2 Å². The molecule has 0 aliphatic rings. The van der Waals surface area contributed by atoms with Gasteiger partial charge in [0.15, 0.2) is 0 Å². The first-order chi connectivity index (χ1) is 19.7. The van der Waals surface area contributed by atoms with E-state index in [1.165, 1.54) is 0 Å². The maximum absolute atomic E-state index is 11.3. The zero-order valence-electron chi connectivity index (χ0n) is 35.1. The topological polar surface area (TPSA) is 136 Å². The molecule has 12 heteroatoms. The number of hydrogen-bond acceptors (Lipinski definition) is 10. The first-order valence-electron chi connectivity index (χ1n) is 16.4. The van der Waals surface area contributed by atoms with E-state index in [0.717, 1.165) is 13.2 Å². The Labute approximate surface area is 292 Å². The Hall–Kier alpha value is 0.140. The zero-order chi connectivity index (χ0) is 39.4. The molecule has 0 aromatic rings. The van der Waals surface area contributed by atoms with Gasteiger partial charge in [0.05, 0.1) is 47.8 Å². The van der Waals surface area contributed by atoms with E-state index in [9.17, 15) is 18.9 Å². The van der Waals surface area contributed by atoms with Gasteiger partial charge in [0.25, 0.3) is 15.6 Å². The van der Waals surface area contributed by atoms with Crippen molar-refractivity contribution in [2.45, 2.75) is 194 Å². The highest BCUT2D eigenvalue weighted by molar-refractivity contribution is 7.46. The summed E-state index contributed by atoms with van der Waals surface area (Å²) < 4.78 is 52.8. The number of rotatable bonds is 7. The minimum atomic E-state index is -4.19. The second-order valence-electron chi connectivity index (χ2n) is 20.3. The quantitative estimate of drug-likeness (QED) is 0.234. The normalized spacial score (nSPS) is 15.3. The fourth-order valence-electron chi connectivity index (χ4n) is 2.19. The Morgan fingerprint density at radius 3 is 0.723 bits per heavy atom. The van der Waals surface area contributed by atoms with E-state index in [1.54, 1.807) is 62.3 Å². The molecule has 290 valence electrons. The van der Waals surface area contributed by atoms with Gasteiger partial charge in [-0.3, -0.25) is 9.13 Å². The van der Waals surface area contributed by atoms with Crippen molar-refractivity contribution in [1.82, 2.24) is 0 Å². The van der Waals surface area contributed by atoms with E-state index in [1.807, 2.05) is 20.8 Å². The minimum absolute atomic E-state index is 0.00722. The number of ether oxygens (including phenoxy) is 2. The molecular formula is C35H78O10P2-2. The molecule has 1 atom stereocenters. The third kappa shape index (κ3) is 58.7. The van der Waals surface area contributed by atoms with Crippen molar-refractivity contribution in [2.24, 2.45) is 16.2 Å². The van der Waals surface area contributed by atoms with Crippen LogP contribution in [0.3, 0.4) is 0 Å². The summed E-state index contributed by atoms with van der Waals surface area (Å²) in [7, 11) is -8.35. The summed E-state index contributed by atoms with van der Waals surface area (Å²) in [5.41, 5.74) is -1.84. The second-order valence-corrected chi connectivity index (χ2v) is 22.9. The minimum Gasteiger partial charge on any atom is -0.756 e. The van der Waals surface area contributed by atoms with Crippen molar-refractivity contribution < 1.29 is 46.5 Å². The summed E-state index contributed by atoms with van der Waals surface area (Å²) in [6, 6.07) is 0. The monoisotopic (exact) mass is 721 g/mol. The molecule has 0 aliphatic heterocycles. The molecule has 0 fully saturated rings. The van der Waals surface area contributed by atoms with Crippen LogP contribution in [-0.2, 0) is 36.7 Å². The number of hydrogen-bond donors (Lipinski definition) is 0. The predicted molar refractivity (Wildman–Crippen MR) is 193 cm³/mol. The van der Waals surface area contributed by atoms with Crippen LogP contribution in [0.1, 0.15) is 166 Å². The fraction of sp³-hybridized carbons (Fsp3) is 1.00. The van der Waals surface area contributed by atoms with Crippen molar-refractivity contribution in [3.8, 4) is 0 Å². The van der Waals surface area contributed by atoms with Crippen molar-refractivity contribution in [3.05, 3.63) is 0 Å². The molecule has 0 N–H and O–H groups in total. The molecule has 0 radical (unpaired) electrons. The van der Waals surface area contributed by atoms with Crippen molar-refractivity contribution >= 4 is 15.6 Å². The van der Waals surface area contributed by atoms with E-state index < -0.39 is 32.4 Å². The molecule has 0 amide bonds. The van der Waals surface area contributed by atoms with Crippen molar-refractivity contribution in [1.29, 1.82) is 0 Å². The summed E-state index contributed by atoms with van der Waals surface area (Å²) in [4.78, 5) is 22.5. The first-order valence-corrected chi connectivity index (χ1v) is 19.3. The molecule has 0 bridgehead atoms. The molecule has 0 aromatic carbocycles. The van der Waals surface area contributed by atoms with Gasteiger partial charge in [-0.25, -0.2) is 0 Å². The van der Waals surface area contributed by atoms with Crippen molar-refractivity contribution in [3.63, 3.8) is 0 Å². The molecule has 10 nitrogen and oxygen atoms in total. The average Bonchev–Trinajstić information content (AvgIpc) is 2.63. The summed E-state index contributed by atoms with van der Waals surface area (Å²) in [6.45, 7) is 48.0. The van der Waals surface area contributed by atoms with E-state index in [2.05, 4.69) is 83.1 Å². The molecule has 0 spiro atoms. The second kappa shape index (κ2) is 19.7. The summed E-state index contributed by atoms with van der Waals surface area (Å²) >= 11 is 0. The highest BCUT2D eigenvalue weighted by Gasteiger charge is 2.26. The van der Waals surface area contributed by atoms with Gasteiger partial charge < -0.3 is 37.4 Å². The lowest BCUT2D eigenvalue weighted by atomic mass is 9.98. The standard InChI is InChI=1S/C9H21O4P.2C9H20O.C8H19O4P/c1-8(2,3)7-12-14(10,11)13-9(4,5)6;2*1-8(2,3)7-10-9(4,5)6;1-7(2,3)11-13(9,10)12-8(4,5)6/h7H2,1-6H3,(H,10,11);2*7H2,1-6H3;1-6H3,(H,9,10)/p-2. The van der Waals surface area contributed by atoms with Gasteiger partial charge in [0, 0.05) is 0 Å². The average molecular weight is 721 g/mol. The van der Waals surface area contributed by atoms with Crippen LogP contribution in [0.2, 0.25) is 0 Å². The number of phosphoric acid groups is 2. The molecule has 0 aromatic heterocycles. The lowest BCUT2D eigenvalue weighted by molar-refractivity contribution is -0.242. The summed E-state index contributed by atoms with van der Waals surface area (Å²) in [6.07, 6.45) is 0. The van der Waals surface area contributed by atoms with Crippen LogP contribution in [0.15, 0.2) is 0 Å². The molecule has 0 rings (SSSR count). The lowest BCUT2D eigenvalue weighted by Gasteiger charge is -2.35. The smallest absolute Gasteiger partial charge is 0.268 e. The van der Waals surface area contributed by atoms with Crippen LogP contribution < -0.4 is 9.79 Å². The lowest BCUT2D eigenvalue weighted by Crippen LogP contribution is -2.27. The molecule has 0 saturated heterocycles. The van der Waals surface area contributed by atoms with E-state index >= 15 is 0 Å². The summed E-state index contributed by atoms with van der Waals surface area (Å²) in [5, 5.41) is 0. The first kappa shape index (κ1) is 53.9. The van der Waals surface area contributed by atoms with E-state index in [-0.39, 0.29) is 34.1 Å². The number of phosphoric ester groups is 2. The highest BCUT2D eigenvalue weighted by Crippen LogP contribution is 2.46. The van der Waals surface area contributed by atoms with E-state index in [0.29, 0.717) is 0 Å². The fourth-order valence-corrected chi connectivity index (χ4v) is 4.84. The molecule has 1 unspecified atom stereocenters. The van der Waals surface area contributed by atoms with Gasteiger partial charge >= 0.3 is 0 Å². The Balaban J connectivity index is -0.000000265. The highest BCUT2D eigenvalue weighted by atomic mass is 31.2. The van der Waals surface area contributed by atoms with Crippen LogP contribution in [0.25, 0.3) is 0 Å². The van der Waals surface area contributed by atoms with Crippen LogP contribution >= 0.6 is 15.6 Å². The molecule has 0 aliphatic carbocycles. The zero-order valence-corrected chi connectivity index (χ0v) is 36.9. The van der Waals surface area contributed by atoms with Crippen LogP contribution in [-0.4, -0.2) is 47.8 Å². The Morgan fingerprint density at radius 1 is 0.362 bits per heavy atom. The van der Waals surface area contributed by atoms with E-state index in [4.69, 9.17) is 27.6 Å². The van der Waals surface area contributed by atoms with Gasteiger partial charge in [-0.15, -0.1) is 0 Å². The maximum Gasteiger partial charge on any atom is 0.268 e. The largest absolute Gasteiger partial charge is 0.756 e. The Bertz CT molecular complexity index is 847. The Morgan fingerprint density at radius 2 is 0.574 bits per heavy atom. The summed E-state index contributed by atoms with van der Waals surface area (Å²) in [5.74, 6) is 0. The van der Waals surface area contributed by atoms with Gasteiger partial charge in [-0.1, -0.05) is 62.3 Å². The molecular weight excluding hydrogens is 642 g/mol.